The molecule has 1 fully saturated rings. The molecule has 1 saturated heterocycles. The number of aryl methyl sites for hydroxylation is 1. The van der Waals surface area contributed by atoms with Crippen molar-refractivity contribution in [3.8, 4) is 11.5 Å². The van der Waals surface area contributed by atoms with Gasteiger partial charge < -0.3 is 9.88 Å². The number of H-pyrrole nitrogens is 1. The van der Waals surface area contributed by atoms with E-state index in [4.69, 9.17) is 0 Å². The lowest BCUT2D eigenvalue weighted by atomic mass is 10.2. The van der Waals surface area contributed by atoms with Crippen molar-refractivity contribution >= 4 is 11.6 Å². The fourth-order valence-electron chi connectivity index (χ4n) is 2.88. The Morgan fingerprint density at radius 3 is 3.04 bits per heavy atom. The highest BCUT2D eigenvalue weighted by molar-refractivity contribution is 5.96. The van der Waals surface area contributed by atoms with E-state index in [1.54, 1.807) is 17.1 Å². The van der Waals surface area contributed by atoms with E-state index >= 15 is 0 Å². The Bertz CT molecular complexity index is 838. The average molecular weight is 308 g/mol. The number of aromatic nitrogens is 5. The van der Waals surface area contributed by atoms with Gasteiger partial charge in [0.05, 0.1) is 18.7 Å². The number of anilines is 1. The van der Waals surface area contributed by atoms with Crippen LogP contribution in [0.5, 0.6) is 0 Å². The Morgan fingerprint density at radius 2 is 2.26 bits per heavy atom. The van der Waals surface area contributed by atoms with Crippen molar-refractivity contribution in [2.24, 2.45) is 0 Å². The van der Waals surface area contributed by atoms with Crippen LogP contribution in [0.15, 0.2) is 42.9 Å². The maximum absolute atomic E-state index is 12.4. The third kappa shape index (κ3) is 2.50. The molecule has 116 valence electrons. The van der Waals surface area contributed by atoms with Gasteiger partial charge in [-0.2, -0.15) is 0 Å². The second-order valence-corrected chi connectivity index (χ2v) is 5.72. The van der Waals surface area contributed by atoms with Crippen LogP contribution >= 0.6 is 0 Å². The Morgan fingerprint density at radius 1 is 1.35 bits per heavy atom. The molecular formula is C16H16N6O. The van der Waals surface area contributed by atoms with Crippen molar-refractivity contribution in [2.45, 2.75) is 19.4 Å². The SMILES string of the molecule is Cc1cccc(N2C[C@H](n3cc(-c4ncc[nH]4)nn3)CC2=O)c1. The number of imidazole rings is 1. The number of amides is 1. The summed E-state index contributed by atoms with van der Waals surface area (Å²) in [5.41, 5.74) is 2.75. The molecule has 0 aliphatic carbocycles. The van der Waals surface area contributed by atoms with Crippen LogP contribution < -0.4 is 4.90 Å². The molecule has 7 heteroatoms. The fourth-order valence-corrected chi connectivity index (χ4v) is 2.88. The summed E-state index contributed by atoms with van der Waals surface area (Å²) in [5, 5.41) is 8.29. The van der Waals surface area contributed by atoms with E-state index in [0.717, 1.165) is 11.3 Å². The van der Waals surface area contributed by atoms with Crippen molar-refractivity contribution in [2.75, 3.05) is 11.4 Å². The average Bonchev–Trinajstić information content (AvgIpc) is 3.27. The molecule has 1 N–H and O–H groups in total. The molecular weight excluding hydrogens is 292 g/mol. The zero-order valence-electron chi connectivity index (χ0n) is 12.7. The minimum absolute atomic E-state index is 0.0146. The Balaban J connectivity index is 1.57. The van der Waals surface area contributed by atoms with E-state index in [2.05, 4.69) is 20.3 Å². The number of aromatic amines is 1. The molecule has 23 heavy (non-hydrogen) atoms. The number of nitrogens with zero attached hydrogens (tertiary/aromatic N) is 5. The molecule has 1 aliphatic rings. The third-order valence-corrected chi connectivity index (χ3v) is 4.04. The largest absolute Gasteiger partial charge is 0.343 e. The highest BCUT2D eigenvalue weighted by Gasteiger charge is 2.32. The van der Waals surface area contributed by atoms with Crippen LogP contribution in [-0.4, -0.2) is 37.4 Å². The summed E-state index contributed by atoms with van der Waals surface area (Å²) in [6, 6.07) is 7.96. The molecule has 1 amide bonds. The summed E-state index contributed by atoms with van der Waals surface area (Å²) in [6.45, 7) is 2.62. The lowest BCUT2D eigenvalue weighted by Gasteiger charge is -2.17. The van der Waals surface area contributed by atoms with E-state index in [1.807, 2.05) is 42.3 Å². The first-order chi connectivity index (χ1) is 11.2. The molecule has 7 nitrogen and oxygen atoms in total. The van der Waals surface area contributed by atoms with Crippen molar-refractivity contribution in [1.29, 1.82) is 0 Å². The van der Waals surface area contributed by atoms with Crippen LogP contribution in [-0.2, 0) is 4.79 Å². The molecule has 1 atom stereocenters. The first kappa shape index (κ1) is 13.7. The molecule has 0 unspecified atom stereocenters. The third-order valence-electron chi connectivity index (χ3n) is 4.04. The number of carbonyl (C=O) groups excluding carboxylic acids is 1. The van der Waals surface area contributed by atoms with E-state index in [1.165, 1.54) is 0 Å². The van der Waals surface area contributed by atoms with Crippen molar-refractivity contribution in [3.63, 3.8) is 0 Å². The van der Waals surface area contributed by atoms with E-state index in [-0.39, 0.29) is 11.9 Å². The summed E-state index contributed by atoms with van der Waals surface area (Å²) in [7, 11) is 0. The van der Waals surface area contributed by atoms with E-state index in [0.29, 0.717) is 24.5 Å². The van der Waals surface area contributed by atoms with Gasteiger partial charge in [-0.05, 0) is 24.6 Å². The summed E-state index contributed by atoms with van der Waals surface area (Å²) in [4.78, 5) is 21.3. The fraction of sp³-hybridized carbons (Fsp3) is 0.250. The quantitative estimate of drug-likeness (QED) is 0.802. The number of benzene rings is 1. The first-order valence-electron chi connectivity index (χ1n) is 7.49. The molecule has 1 aliphatic heterocycles. The van der Waals surface area contributed by atoms with Gasteiger partial charge in [0.15, 0.2) is 5.82 Å². The molecule has 3 heterocycles. The maximum Gasteiger partial charge on any atom is 0.229 e. The van der Waals surface area contributed by atoms with Gasteiger partial charge >= 0.3 is 0 Å². The number of nitrogens with one attached hydrogen (secondary N) is 1. The van der Waals surface area contributed by atoms with Gasteiger partial charge in [-0.25, -0.2) is 9.67 Å². The van der Waals surface area contributed by atoms with Crippen molar-refractivity contribution < 1.29 is 4.79 Å². The van der Waals surface area contributed by atoms with Gasteiger partial charge in [0.25, 0.3) is 0 Å². The minimum Gasteiger partial charge on any atom is -0.343 e. The van der Waals surface area contributed by atoms with Gasteiger partial charge in [0.1, 0.15) is 5.69 Å². The van der Waals surface area contributed by atoms with Crippen LogP contribution in [0, 0.1) is 6.92 Å². The van der Waals surface area contributed by atoms with Crippen LogP contribution in [0.3, 0.4) is 0 Å². The maximum atomic E-state index is 12.4. The molecule has 0 radical (unpaired) electrons. The summed E-state index contributed by atoms with van der Waals surface area (Å²) in [6.07, 6.45) is 5.67. The van der Waals surface area contributed by atoms with Crippen molar-refractivity contribution in [3.05, 3.63) is 48.4 Å². The summed E-state index contributed by atoms with van der Waals surface area (Å²) >= 11 is 0. The highest BCUT2D eigenvalue weighted by Crippen LogP contribution is 2.28. The first-order valence-corrected chi connectivity index (χ1v) is 7.49. The lowest BCUT2D eigenvalue weighted by molar-refractivity contribution is -0.117. The van der Waals surface area contributed by atoms with Gasteiger partial charge in [0, 0.05) is 24.6 Å². The smallest absolute Gasteiger partial charge is 0.229 e. The molecule has 0 saturated carbocycles. The number of hydrogen-bond acceptors (Lipinski definition) is 4. The zero-order chi connectivity index (χ0) is 15.8. The standard InChI is InChI=1S/C16H16N6O/c1-11-3-2-4-12(7-11)21-9-13(8-15(21)23)22-10-14(19-20-22)16-17-5-6-18-16/h2-7,10,13H,8-9H2,1H3,(H,17,18)/t13-/m1/s1. The van der Waals surface area contributed by atoms with Gasteiger partial charge in [-0.15, -0.1) is 5.10 Å². The van der Waals surface area contributed by atoms with Crippen LogP contribution in [0.1, 0.15) is 18.0 Å². The predicted molar refractivity (Wildman–Crippen MR) is 84.8 cm³/mol. The Kier molecular flexibility index (Phi) is 3.18. The highest BCUT2D eigenvalue weighted by atomic mass is 16.2. The number of carbonyl (C=O) groups is 1. The number of hydrogen-bond donors (Lipinski definition) is 1. The van der Waals surface area contributed by atoms with Crippen LogP contribution in [0.4, 0.5) is 5.69 Å². The molecule has 3 aromatic rings. The second-order valence-electron chi connectivity index (χ2n) is 5.72. The van der Waals surface area contributed by atoms with Gasteiger partial charge in [0.2, 0.25) is 5.91 Å². The summed E-state index contributed by atoms with van der Waals surface area (Å²) in [5.74, 6) is 0.784. The summed E-state index contributed by atoms with van der Waals surface area (Å²) < 4.78 is 1.76. The lowest BCUT2D eigenvalue weighted by Crippen LogP contribution is -2.25. The van der Waals surface area contributed by atoms with E-state index in [9.17, 15) is 4.79 Å². The monoisotopic (exact) mass is 308 g/mol. The molecule has 2 aromatic heterocycles. The molecule has 4 rings (SSSR count). The normalized spacial score (nSPS) is 17.9. The molecule has 0 spiro atoms. The topological polar surface area (TPSA) is 79.7 Å². The second kappa shape index (κ2) is 5.35. The minimum atomic E-state index is -0.0146. The van der Waals surface area contributed by atoms with Crippen LogP contribution in [0.25, 0.3) is 11.5 Å². The Labute approximate surface area is 133 Å². The van der Waals surface area contributed by atoms with Crippen LogP contribution in [0.2, 0.25) is 0 Å². The Hall–Kier alpha value is -2.96. The number of rotatable bonds is 3. The zero-order valence-corrected chi connectivity index (χ0v) is 12.7. The van der Waals surface area contributed by atoms with E-state index < -0.39 is 0 Å². The van der Waals surface area contributed by atoms with Gasteiger partial charge in [-0.1, -0.05) is 17.3 Å². The molecule has 1 aromatic carbocycles. The van der Waals surface area contributed by atoms with Crippen molar-refractivity contribution in [1.82, 2.24) is 25.0 Å². The predicted octanol–water partition coefficient (Wildman–Crippen LogP) is 1.95. The van der Waals surface area contributed by atoms with Gasteiger partial charge in [-0.3, -0.25) is 4.79 Å². The molecule has 0 bridgehead atoms.